The lowest BCUT2D eigenvalue weighted by Gasteiger charge is -2.34. The van der Waals surface area contributed by atoms with Crippen LogP contribution in [0.5, 0.6) is 5.75 Å². The zero-order valence-electron chi connectivity index (χ0n) is 10.8. The van der Waals surface area contributed by atoms with Crippen LogP contribution in [0.4, 0.5) is 0 Å². The van der Waals surface area contributed by atoms with Crippen LogP contribution in [0.3, 0.4) is 0 Å². The Hall–Kier alpha value is -1.39. The Morgan fingerprint density at radius 3 is 2.39 bits per heavy atom. The van der Waals surface area contributed by atoms with Gasteiger partial charge in [-0.15, -0.1) is 0 Å². The number of carbonyl (C=O) groups excluding carboxylic acids is 1. The van der Waals surface area contributed by atoms with Crippen molar-refractivity contribution in [1.29, 1.82) is 0 Å². The van der Waals surface area contributed by atoms with Gasteiger partial charge in [-0.3, -0.25) is 9.69 Å². The molecule has 4 nitrogen and oxygen atoms in total. The van der Waals surface area contributed by atoms with E-state index in [4.69, 9.17) is 4.74 Å². The molecule has 1 heterocycles. The maximum absolute atomic E-state index is 12.1. The molecule has 2 atom stereocenters. The number of phenolic OH excluding ortho intramolecular Hbond substituents is 1. The molecule has 1 aromatic rings. The summed E-state index contributed by atoms with van der Waals surface area (Å²) in [5.74, 6) is 0.261. The van der Waals surface area contributed by atoms with Gasteiger partial charge < -0.3 is 9.84 Å². The molecule has 0 amide bonds. The van der Waals surface area contributed by atoms with Gasteiger partial charge in [-0.1, -0.05) is 0 Å². The fourth-order valence-electron chi connectivity index (χ4n) is 2.36. The van der Waals surface area contributed by atoms with Crippen molar-refractivity contribution >= 4 is 5.78 Å². The topological polar surface area (TPSA) is 49.8 Å². The van der Waals surface area contributed by atoms with Gasteiger partial charge in [-0.25, -0.2) is 0 Å². The number of Topliss-reactive ketones (excluding diaryl/α,β-unsaturated/α-hetero) is 1. The summed E-state index contributed by atoms with van der Waals surface area (Å²) in [6, 6.07) is 6.39. The van der Waals surface area contributed by atoms with E-state index in [9.17, 15) is 9.90 Å². The molecule has 1 N–H and O–H groups in total. The standard InChI is InChI=1S/C14H19NO3/c1-10-7-15(8-11(2)18-10)9-14(17)12-3-5-13(16)6-4-12/h3-6,10-11,16H,7-9H2,1-2H3. The molecule has 0 spiro atoms. The zero-order chi connectivity index (χ0) is 13.1. The third-order valence-electron chi connectivity index (χ3n) is 3.05. The van der Waals surface area contributed by atoms with Gasteiger partial charge in [0.05, 0.1) is 18.8 Å². The Morgan fingerprint density at radius 2 is 1.83 bits per heavy atom. The van der Waals surface area contributed by atoms with E-state index in [0.717, 1.165) is 13.1 Å². The number of phenols is 1. The molecule has 0 aliphatic carbocycles. The number of rotatable bonds is 3. The summed E-state index contributed by atoms with van der Waals surface area (Å²) in [7, 11) is 0. The number of hydrogen-bond acceptors (Lipinski definition) is 4. The highest BCUT2D eigenvalue weighted by Gasteiger charge is 2.23. The summed E-state index contributed by atoms with van der Waals surface area (Å²) in [5.41, 5.74) is 0.639. The van der Waals surface area contributed by atoms with Crippen LogP contribution in [0.2, 0.25) is 0 Å². The highest BCUT2D eigenvalue weighted by atomic mass is 16.5. The highest BCUT2D eigenvalue weighted by Crippen LogP contribution is 2.13. The van der Waals surface area contributed by atoms with Gasteiger partial charge in [0.15, 0.2) is 5.78 Å². The molecule has 1 aliphatic rings. The summed E-state index contributed by atoms with van der Waals surface area (Å²) in [5, 5.41) is 9.19. The van der Waals surface area contributed by atoms with Crippen molar-refractivity contribution in [3.63, 3.8) is 0 Å². The normalized spacial score (nSPS) is 25.0. The first-order chi connectivity index (χ1) is 8.54. The number of ketones is 1. The van der Waals surface area contributed by atoms with E-state index in [2.05, 4.69) is 4.90 Å². The van der Waals surface area contributed by atoms with Crippen LogP contribution >= 0.6 is 0 Å². The Balaban J connectivity index is 1.96. The summed E-state index contributed by atoms with van der Waals surface area (Å²) in [6.07, 6.45) is 0.336. The average molecular weight is 249 g/mol. The summed E-state index contributed by atoms with van der Waals surface area (Å²) in [4.78, 5) is 14.2. The Labute approximate surface area is 107 Å². The van der Waals surface area contributed by atoms with Crippen LogP contribution in [0.15, 0.2) is 24.3 Å². The van der Waals surface area contributed by atoms with Gasteiger partial charge in [0, 0.05) is 18.7 Å². The van der Waals surface area contributed by atoms with Gasteiger partial charge in [-0.05, 0) is 38.1 Å². The van der Waals surface area contributed by atoms with Crippen molar-refractivity contribution in [2.24, 2.45) is 0 Å². The van der Waals surface area contributed by atoms with Crippen molar-refractivity contribution in [2.75, 3.05) is 19.6 Å². The summed E-state index contributed by atoms with van der Waals surface area (Å²) >= 11 is 0. The molecule has 0 aromatic heterocycles. The second-order valence-electron chi connectivity index (χ2n) is 4.92. The maximum Gasteiger partial charge on any atom is 0.176 e. The Bertz CT molecular complexity index is 406. The zero-order valence-corrected chi connectivity index (χ0v) is 10.8. The summed E-state index contributed by atoms with van der Waals surface area (Å²) in [6.45, 7) is 6.02. The molecule has 1 aromatic carbocycles. The fourth-order valence-corrected chi connectivity index (χ4v) is 2.36. The van der Waals surface area contributed by atoms with Crippen molar-refractivity contribution in [3.05, 3.63) is 29.8 Å². The molecule has 2 unspecified atom stereocenters. The van der Waals surface area contributed by atoms with E-state index >= 15 is 0 Å². The first kappa shape index (κ1) is 13.1. The van der Waals surface area contributed by atoms with Gasteiger partial charge >= 0.3 is 0 Å². The summed E-state index contributed by atoms with van der Waals surface area (Å²) < 4.78 is 5.63. The second-order valence-corrected chi connectivity index (χ2v) is 4.92. The molecule has 2 rings (SSSR count). The molecular formula is C14H19NO3. The maximum atomic E-state index is 12.1. The smallest absolute Gasteiger partial charge is 0.176 e. The fraction of sp³-hybridized carbons (Fsp3) is 0.500. The van der Waals surface area contributed by atoms with Crippen LogP contribution < -0.4 is 0 Å². The number of benzene rings is 1. The van der Waals surface area contributed by atoms with Gasteiger partial charge in [0.1, 0.15) is 5.75 Å². The highest BCUT2D eigenvalue weighted by molar-refractivity contribution is 5.97. The number of nitrogens with zero attached hydrogens (tertiary/aromatic N) is 1. The largest absolute Gasteiger partial charge is 0.508 e. The molecule has 0 bridgehead atoms. The first-order valence-electron chi connectivity index (χ1n) is 6.24. The monoisotopic (exact) mass is 249 g/mol. The number of hydrogen-bond donors (Lipinski definition) is 1. The van der Waals surface area contributed by atoms with E-state index < -0.39 is 0 Å². The van der Waals surface area contributed by atoms with Gasteiger partial charge in [0.25, 0.3) is 0 Å². The SMILES string of the molecule is CC1CN(CC(=O)c2ccc(O)cc2)CC(C)O1. The van der Waals surface area contributed by atoms with Crippen LogP contribution in [-0.4, -0.2) is 47.6 Å². The average Bonchev–Trinajstić information content (AvgIpc) is 2.28. The van der Waals surface area contributed by atoms with Crippen LogP contribution in [0.25, 0.3) is 0 Å². The lowest BCUT2D eigenvalue weighted by molar-refractivity contribution is -0.0652. The van der Waals surface area contributed by atoms with E-state index in [-0.39, 0.29) is 23.7 Å². The van der Waals surface area contributed by atoms with Crippen molar-refractivity contribution in [1.82, 2.24) is 4.90 Å². The molecule has 18 heavy (non-hydrogen) atoms. The molecular weight excluding hydrogens is 230 g/mol. The number of ether oxygens (including phenoxy) is 1. The number of aromatic hydroxyl groups is 1. The molecule has 98 valence electrons. The predicted molar refractivity (Wildman–Crippen MR) is 68.9 cm³/mol. The minimum atomic E-state index is 0.0799. The number of morpholine rings is 1. The van der Waals surface area contributed by atoms with Crippen LogP contribution in [0, 0.1) is 0 Å². The van der Waals surface area contributed by atoms with Gasteiger partial charge in [0.2, 0.25) is 0 Å². The third-order valence-corrected chi connectivity index (χ3v) is 3.05. The van der Waals surface area contributed by atoms with E-state index in [1.54, 1.807) is 12.1 Å². The molecule has 1 saturated heterocycles. The molecule has 0 radical (unpaired) electrons. The van der Waals surface area contributed by atoms with Crippen LogP contribution in [0.1, 0.15) is 24.2 Å². The van der Waals surface area contributed by atoms with Crippen molar-refractivity contribution in [2.45, 2.75) is 26.1 Å². The Kier molecular flexibility index (Phi) is 3.99. The predicted octanol–water partition coefficient (Wildman–Crippen LogP) is 1.68. The van der Waals surface area contributed by atoms with E-state index in [1.807, 2.05) is 13.8 Å². The quantitative estimate of drug-likeness (QED) is 0.828. The minimum Gasteiger partial charge on any atom is -0.508 e. The van der Waals surface area contributed by atoms with E-state index in [0.29, 0.717) is 12.1 Å². The second kappa shape index (κ2) is 5.50. The van der Waals surface area contributed by atoms with Crippen LogP contribution in [-0.2, 0) is 4.74 Å². The van der Waals surface area contributed by atoms with Crippen molar-refractivity contribution in [3.8, 4) is 5.75 Å². The minimum absolute atomic E-state index is 0.0799. The Morgan fingerprint density at radius 1 is 1.28 bits per heavy atom. The third kappa shape index (κ3) is 3.31. The number of carbonyl (C=O) groups is 1. The molecule has 4 heteroatoms. The molecule has 1 fully saturated rings. The molecule has 0 saturated carbocycles. The molecule has 1 aliphatic heterocycles. The lowest BCUT2D eigenvalue weighted by Crippen LogP contribution is -2.47. The van der Waals surface area contributed by atoms with Gasteiger partial charge in [-0.2, -0.15) is 0 Å². The van der Waals surface area contributed by atoms with Crippen molar-refractivity contribution < 1.29 is 14.6 Å². The lowest BCUT2D eigenvalue weighted by atomic mass is 10.1. The first-order valence-corrected chi connectivity index (χ1v) is 6.24. The van der Waals surface area contributed by atoms with E-state index in [1.165, 1.54) is 12.1 Å².